The number of nitrogens with two attached hydrogens (primary N) is 1. The van der Waals surface area contributed by atoms with Gasteiger partial charge in [-0.25, -0.2) is 8.96 Å². The molecule has 2 atom stereocenters. The smallest absolute Gasteiger partial charge is 0.324 e. The van der Waals surface area contributed by atoms with E-state index < -0.39 is 0 Å². The number of rotatable bonds is 4. The predicted octanol–water partition coefficient (Wildman–Crippen LogP) is 4.37. The van der Waals surface area contributed by atoms with E-state index in [0.717, 1.165) is 53.1 Å². The normalized spacial score (nSPS) is 19.4. The van der Waals surface area contributed by atoms with E-state index in [4.69, 9.17) is 10.7 Å². The quantitative estimate of drug-likeness (QED) is 0.439. The Labute approximate surface area is 209 Å². The third kappa shape index (κ3) is 3.99. The second kappa shape index (κ2) is 8.99. The number of likely N-dealkylation sites (tertiary alicyclic amines) is 1. The van der Waals surface area contributed by atoms with Crippen LogP contribution in [0.15, 0.2) is 77.9 Å². The van der Waals surface area contributed by atoms with E-state index in [-0.39, 0.29) is 23.8 Å². The Morgan fingerprint density at radius 2 is 1.94 bits per heavy atom. The first-order valence-corrected chi connectivity index (χ1v) is 12.5. The molecule has 0 saturated carbocycles. The molecule has 2 N–H and O–H groups in total. The van der Waals surface area contributed by atoms with Gasteiger partial charge in [0, 0.05) is 42.6 Å². The van der Waals surface area contributed by atoms with Gasteiger partial charge in [0.25, 0.3) is 5.91 Å². The molecule has 2 aliphatic rings. The molecule has 6 rings (SSSR count). The van der Waals surface area contributed by atoms with Crippen LogP contribution in [-0.4, -0.2) is 40.2 Å². The summed E-state index contributed by atoms with van der Waals surface area (Å²) < 4.78 is 17.9. The minimum atomic E-state index is -0.242. The molecule has 1 unspecified atom stereocenters. The zero-order chi connectivity index (χ0) is 24.8. The van der Waals surface area contributed by atoms with Crippen LogP contribution >= 0.6 is 0 Å². The van der Waals surface area contributed by atoms with Crippen molar-refractivity contribution in [2.45, 2.75) is 38.4 Å². The summed E-state index contributed by atoms with van der Waals surface area (Å²) in [5.74, 6) is 0.535. The zero-order valence-corrected chi connectivity index (χ0v) is 20.3. The number of aliphatic imine (C=N–C) groups is 1. The molecule has 0 bridgehead atoms. The van der Waals surface area contributed by atoms with Crippen LogP contribution < -0.4 is 10.3 Å². The van der Waals surface area contributed by atoms with Gasteiger partial charge in [0.05, 0.1) is 17.5 Å². The lowest BCUT2D eigenvalue weighted by Gasteiger charge is -2.30. The molecule has 0 radical (unpaired) electrons. The van der Waals surface area contributed by atoms with Gasteiger partial charge >= 0.3 is 5.82 Å². The number of hydrogen-bond donors (Lipinski definition) is 1. The number of amides is 1. The van der Waals surface area contributed by atoms with Gasteiger partial charge in [-0.2, -0.15) is 0 Å². The average Bonchev–Trinajstić information content (AvgIpc) is 3.42. The summed E-state index contributed by atoms with van der Waals surface area (Å²) in [6.07, 6.45) is 3.85. The Morgan fingerprint density at radius 1 is 1.14 bits per heavy atom. The molecule has 7 heteroatoms. The third-order valence-electron chi connectivity index (χ3n) is 7.33. The van der Waals surface area contributed by atoms with Crippen LogP contribution in [0.4, 0.5) is 10.2 Å². The van der Waals surface area contributed by atoms with Gasteiger partial charge in [0.15, 0.2) is 6.04 Å². The summed E-state index contributed by atoms with van der Waals surface area (Å²) in [5.41, 5.74) is 10.8. The van der Waals surface area contributed by atoms with Gasteiger partial charge in [0.1, 0.15) is 5.82 Å². The summed E-state index contributed by atoms with van der Waals surface area (Å²) in [7, 11) is 0. The van der Waals surface area contributed by atoms with E-state index in [9.17, 15) is 9.18 Å². The van der Waals surface area contributed by atoms with E-state index in [0.29, 0.717) is 18.7 Å². The topological polar surface area (TPSA) is 67.5 Å². The van der Waals surface area contributed by atoms with Crippen molar-refractivity contribution in [1.29, 1.82) is 0 Å². The Balaban J connectivity index is 1.38. The highest BCUT2D eigenvalue weighted by Crippen LogP contribution is 2.29. The second-order valence-electron chi connectivity index (χ2n) is 9.81. The maximum absolute atomic E-state index is 13.5. The van der Waals surface area contributed by atoms with Gasteiger partial charge in [-0.1, -0.05) is 30.3 Å². The van der Waals surface area contributed by atoms with Gasteiger partial charge in [-0.15, -0.1) is 0 Å². The number of carbonyl (C=O) groups is 1. The molecule has 0 aliphatic carbocycles. The Morgan fingerprint density at radius 3 is 2.75 bits per heavy atom. The molecule has 2 aromatic heterocycles. The molecular formula is C29H29FN5O+. The van der Waals surface area contributed by atoms with E-state index in [1.165, 1.54) is 12.1 Å². The summed E-state index contributed by atoms with van der Waals surface area (Å²) >= 11 is 0. The number of fused-ring (bicyclic) bond motifs is 2. The van der Waals surface area contributed by atoms with Crippen molar-refractivity contribution in [2.24, 2.45) is 10.7 Å². The molecule has 2 aliphatic heterocycles. The minimum absolute atomic E-state index is 0.00356. The lowest BCUT2D eigenvalue weighted by atomic mass is 10.1. The molecule has 4 heterocycles. The van der Waals surface area contributed by atoms with E-state index >= 15 is 0 Å². The van der Waals surface area contributed by atoms with Crippen molar-refractivity contribution in [3.63, 3.8) is 0 Å². The molecule has 1 saturated heterocycles. The number of nitrogens with zero attached hydrogens (tertiary/aromatic N) is 4. The Kier molecular flexibility index (Phi) is 5.64. The SMILES string of the molecule is CC1C(c2cc3ccccc3n2Cc2ccc(F)cc2)=Nc2cc(C(=O)N3CCC[C@@H](N)C3)cc[n+]21. The maximum atomic E-state index is 13.5. The molecular weight excluding hydrogens is 453 g/mol. The minimum Gasteiger partial charge on any atom is -0.337 e. The number of halogens is 1. The van der Waals surface area contributed by atoms with Gasteiger partial charge in [-0.05, 0) is 60.7 Å². The lowest BCUT2D eigenvalue weighted by molar-refractivity contribution is -0.685. The van der Waals surface area contributed by atoms with Crippen LogP contribution in [0, 0.1) is 5.82 Å². The van der Waals surface area contributed by atoms with Crippen molar-refractivity contribution in [2.75, 3.05) is 13.1 Å². The first-order valence-electron chi connectivity index (χ1n) is 12.5. The molecule has 1 amide bonds. The Bertz CT molecular complexity index is 1490. The van der Waals surface area contributed by atoms with Crippen molar-refractivity contribution in [3.05, 3.63) is 95.6 Å². The molecule has 6 nitrogen and oxygen atoms in total. The average molecular weight is 483 g/mol. The second-order valence-corrected chi connectivity index (χ2v) is 9.81. The summed E-state index contributed by atoms with van der Waals surface area (Å²) in [6, 6.07) is 20.9. The van der Waals surface area contributed by atoms with Crippen LogP contribution in [0.25, 0.3) is 10.9 Å². The first-order chi connectivity index (χ1) is 17.5. The van der Waals surface area contributed by atoms with Gasteiger partial charge < -0.3 is 15.2 Å². The van der Waals surface area contributed by atoms with Crippen LogP contribution in [0.1, 0.15) is 47.4 Å². The highest BCUT2D eigenvalue weighted by atomic mass is 19.1. The summed E-state index contributed by atoms with van der Waals surface area (Å²) in [6.45, 7) is 4.07. The number of piperidine rings is 1. The number of aromatic nitrogens is 2. The lowest BCUT2D eigenvalue weighted by Crippen LogP contribution is -2.46. The van der Waals surface area contributed by atoms with E-state index in [2.05, 4.69) is 34.3 Å². The number of benzene rings is 2. The molecule has 182 valence electrons. The van der Waals surface area contributed by atoms with E-state index in [1.807, 2.05) is 47.5 Å². The fourth-order valence-corrected chi connectivity index (χ4v) is 5.41. The fourth-order valence-electron chi connectivity index (χ4n) is 5.41. The van der Waals surface area contributed by atoms with Crippen molar-refractivity contribution >= 4 is 28.3 Å². The van der Waals surface area contributed by atoms with Crippen LogP contribution in [0.3, 0.4) is 0 Å². The Hall–Kier alpha value is -3.84. The van der Waals surface area contributed by atoms with Crippen LogP contribution in [0.2, 0.25) is 0 Å². The van der Waals surface area contributed by atoms with E-state index in [1.54, 1.807) is 0 Å². The monoisotopic (exact) mass is 482 g/mol. The molecule has 36 heavy (non-hydrogen) atoms. The number of para-hydroxylation sites is 1. The van der Waals surface area contributed by atoms with Gasteiger partial charge in [0.2, 0.25) is 5.71 Å². The fraction of sp³-hybridized carbons (Fsp3) is 0.276. The van der Waals surface area contributed by atoms with Crippen LogP contribution in [-0.2, 0) is 6.54 Å². The molecule has 2 aromatic carbocycles. The summed E-state index contributed by atoms with van der Waals surface area (Å²) in [4.78, 5) is 20.0. The number of pyridine rings is 1. The molecule has 0 spiro atoms. The number of carbonyl (C=O) groups excluding carboxylic acids is 1. The highest BCUT2D eigenvalue weighted by molar-refractivity contribution is 6.07. The van der Waals surface area contributed by atoms with Crippen molar-refractivity contribution in [1.82, 2.24) is 9.47 Å². The zero-order valence-electron chi connectivity index (χ0n) is 20.3. The predicted molar refractivity (Wildman–Crippen MR) is 138 cm³/mol. The number of hydrogen-bond acceptors (Lipinski definition) is 3. The molecule has 4 aromatic rings. The first kappa shape index (κ1) is 22.6. The van der Waals surface area contributed by atoms with Gasteiger partial charge in [-0.3, -0.25) is 4.79 Å². The molecule has 1 fully saturated rings. The third-order valence-corrected chi connectivity index (χ3v) is 7.33. The highest BCUT2D eigenvalue weighted by Gasteiger charge is 2.36. The largest absolute Gasteiger partial charge is 0.337 e. The van der Waals surface area contributed by atoms with Crippen molar-refractivity contribution < 1.29 is 13.8 Å². The maximum Gasteiger partial charge on any atom is 0.324 e. The van der Waals surface area contributed by atoms with Crippen LogP contribution in [0.5, 0.6) is 0 Å². The summed E-state index contributed by atoms with van der Waals surface area (Å²) in [5, 5.41) is 1.13. The van der Waals surface area contributed by atoms with Crippen molar-refractivity contribution in [3.8, 4) is 0 Å². The standard InChI is InChI=1S/C29H29FN5O/c1-19-28(32-27-16-22(12-14-34(19)27)29(36)33-13-4-6-24(31)18-33)26-15-21-5-2-3-7-25(21)35(26)17-20-8-10-23(30)11-9-20/h2-3,5,7-12,14-16,19,24H,4,6,13,17-18,31H2,1H3/q+1/t19?,24-/m1/s1.